The smallest absolute Gasteiger partial charge is 0.276 e. The molecular weight excluding hydrogens is 295 g/mol. The van der Waals surface area contributed by atoms with Crippen LogP contribution in [0, 0.1) is 5.92 Å². The van der Waals surface area contributed by atoms with Crippen LogP contribution in [-0.4, -0.2) is 22.8 Å². The monoisotopic (exact) mass is 315 g/mol. The highest BCUT2D eigenvalue weighted by Gasteiger charge is 2.32. The van der Waals surface area contributed by atoms with Crippen LogP contribution in [0.4, 0.5) is 13.2 Å². The zero-order valence-electron chi connectivity index (χ0n) is 13.1. The van der Waals surface area contributed by atoms with Crippen LogP contribution < -0.4 is 0 Å². The van der Waals surface area contributed by atoms with Crippen molar-refractivity contribution >= 4 is 11.8 Å². The van der Waals surface area contributed by atoms with E-state index >= 15 is 0 Å². The van der Waals surface area contributed by atoms with Crippen LogP contribution in [0.25, 0.3) is 0 Å². The van der Waals surface area contributed by atoms with Gasteiger partial charge in [0.1, 0.15) is 0 Å². The molecule has 1 unspecified atom stereocenters. The van der Waals surface area contributed by atoms with Crippen molar-refractivity contribution in [1.29, 1.82) is 0 Å². The van der Waals surface area contributed by atoms with Gasteiger partial charge in [-0.05, 0) is 44.5 Å². The summed E-state index contributed by atoms with van der Waals surface area (Å²) in [5, 5.41) is 0. The second-order valence-electron chi connectivity index (χ2n) is 5.49. The van der Waals surface area contributed by atoms with E-state index < -0.39 is 17.6 Å². The number of hydrogen-bond acceptors (Lipinski definition) is 2. The molecule has 0 fully saturated rings. The average Bonchev–Trinajstić information content (AvgIpc) is 2.45. The van der Waals surface area contributed by atoms with E-state index in [-0.39, 0.29) is 23.4 Å². The van der Waals surface area contributed by atoms with E-state index in [1.165, 1.54) is 0 Å². The highest BCUT2D eigenvalue weighted by atomic mass is 19.4. The molecule has 0 bridgehead atoms. The summed E-state index contributed by atoms with van der Waals surface area (Å²) in [6, 6.07) is 3.53. The number of hydrogen-bond donors (Lipinski definition) is 0. The second-order valence-corrected chi connectivity index (χ2v) is 5.49. The van der Waals surface area contributed by atoms with Crippen LogP contribution in [0.3, 0.4) is 0 Å². The van der Waals surface area contributed by atoms with Crippen LogP contribution in [0.15, 0.2) is 24.3 Å². The molecule has 0 aliphatic heterocycles. The van der Waals surface area contributed by atoms with Crippen molar-refractivity contribution < 1.29 is 22.8 Å². The first-order valence-corrected chi connectivity index (χ1v) is 7.14. The minimum absolute atomic E-state index is 0.0679. The lowest BCUT2D eigenvalue weighted by molar-refractivity contribution is -0.137. The SMILES string of the molecule is CCC(C)C(=O)N(C(=O)c1ccc(C(F)(F)F)cc1)C(C)C. The van der Waals surface area contributed by atoms with Gasteiger partial charge < -0.3 is 0 Å². The van der Waals surface area contributed by atoms with Gasteiger partial charge in [0.2, 0.25) is 5.91 Å². The zero-order chi connectivity index (χ0) is 17.1. The van der Waals surface area contributed by atoms with Crippen molar-refractivity contribution in [2.24, 2.45) is 5.92 Å². The Bertz CT molecular complexity index is 535. The summed E-state index contributed by atoms with van der Waals surface area (Å²) in [4.78, 5) is 25.8. The Morgan fingerprint density at radius 3 is 1.95 bits per heavy atom. The number of nitrogens with zero attached hydrogens (tertiary/aromatic N) is 1. The van der Waals surface area contributed by atoms with E-state index in [1.54, 1.807) is 20.8 Å². The fourth-order valence-electron chi connectivity index (χ4n) is 1.94. The quantitative estimate of drug-likeness (QED) is 0.838. The van der Waals surface area contributed by atoms with Gasteiger partial charge in [-0.1, -0.05) is 13.8 Å². The van der Waals surface area contributed by atoms with Gasteiger partial charge in [0, 0.05) is 17.5 Å². The van der Waals surface area contributed by atoms with Crippen LogP contribution in [0.2, 0.25) is 0 Å². The Hall–Kier alpha value is -1.85. The van der Waals surface area contributed by atoms with E-state index in [9.17, 15) is 22.8 Å². The fourth-order valence-corrected chi connectivity index (χ4v) is 1.94. The van der Waals surface area contributed by atoms with E-state index in [1.807, 2.05) is 6.92 Å². The molecule has 1 aromatic rings. The predicted molar refractivity (Wildman–Crippen MR) is 77.2 cm³/mol. The predicted octanol–water partition coefficient (Wildman–Crippen LogP) is 4.13. The molecule has 0 aromatic heterocycles. The van der Waals surface area contributed by atoms with Gasteiger partial charge in [-0.3, -0.25) is 14.5 Å². The molecule has 1 atom stereocenters. The van der Waals surface area contributed by atoms with E-state index in [2.05, 4.69) is 0 Å². The van der Waals surface area contributed by atoms with Gasteiger partial charge in [0.15, 0.2) is 0 Å². The Balaban J connectivity index is 3.08. The van der Waals surface area contributed by atoms with Gasteiger partial charge in [-0.25, -0.2) is 0 Å². The largest absolute Gasteiger partial charge is 0.416 e. The zero-order valence-corrected chi connectivity index (χ0v) is 13.1. The molecule has 22 heavy (non-hydrogen) atoms. The van der Waals surface area contributed by atoms with Crippen molar-refractivity contribution in [3.05, 3.63) is 35.4 Å². The third kappa shape index (κ3) is 4.08. The molecule has 3 nitrogen and oxygen atoms in total. The van der Waals surface area contributed by atoms with Crippen LogP contribution >= 0.6 is 0 Å². The highest BCUT2D eigenvalue weighted by molar-refractivity contribution is 6.05. The molecule has 0 saturated heterocycles. The van der Waals surface area contributed by atoms with Crippen molar-refractivity contribution in [2.75, 3.05) is 0 Å². The molecule has 0 aliphatic carbocycles. The molecule has 0 aliphatic rings. The number of alkyl halides is 3. The van der Waals surface area contributed by atoms with Gasteiger partial charge >= 0.3 is 6.18 Å². The van der Waals surface area contributed by atoms with Crippen molar-refractivity contribution in [2.45, 2.75) is 46.3 Å². The molecule has 1 rings (SSSR count). The first kappa shape index (κ1) is 18.2. The highest BCUT2D eigenvalue weighted by Crippen LogP contribution is 2.29. The molecule has 122 valence electrons. The summed E-state index contributed by atoms with van der Waals surface area (Å²) >= 11 is 0. The van der Waals surface area contributed by atoms with E-state index in [4.69, 9.17) is 0 Å². The molecule has 0 spiro atoms. The lowest BCUT2D eigenvalue weighted by Gasteiger charge is -2.27. The average molecular weight is 315 g/mol. The minimum atomic E-state index is -4.45. The number of amides is 2. The summed E-state index contributed by atoms with van der Waals surface area (Å²) in [6.07, 6.45) is -3.87. The van der Waals surface area contributed by atoms with Gasteiger partial charge in [-0.2, -0.15) is 13.2 Å². The Kier molecular flexibility index (Phi) is 5.74. The molecule has 2 amide bonds. The van der Waals surface area contributed by atoms with Crippen LogP contribution in [-0.2, 0) is 11.0 Å². The normalized spacial score (nSPS) is 13.1. The summed E-state index contributed by atoms with van der Waals surface area (Å²) in [5.74, 6) is -1.21. The molecule has 0 N–H and O–H groups in total. The third-order valence-corrected chi connectivity index (χ3v) is 3.47. The van der Waals surface area contributed by atoms with Crippen molar-refractivity contribution in [3.63, 3.8) is 0 Å². The van der Waals surface area contributed by atoms with Gasteiger partial charge in [-0.15, -0.1) is 0 Å². The molecule has 1 aromatic carbocycles. The van der Waals surface area contributed by atoms with E-state index in [0.29, 0.717) is 6.42 Å². The number of benzene rings is 1. The molecular formula is C16H20F3NO2. The Labute approximate surface area is 128 Å². The fraction of sp³-hybridized carbons (Fsp3) is 0.500. The second kappa shape index (κ2) is 6.94. The maximum atomic E-state index is 12.5. The first-order valence-electron chi connectivity index (χ1n) is 7.14. The number of carbonyl (C=O) groups is 2. The maximum absolute atomic E-state index is 12.5. The van der Waals surface area contributed by atoms with Crippen LogP contribution in [0.1, 0.15) is 50.0 Å². The number of halogens is 3. The Morgan fingerprint density at radius 1 is 1.09 bits per heavy atom. The van der Waals surface area contributed by atoms with Crippen LogP contribution in [0.5, 0.6) is 0 Å². The first-order chi connectivity index (χ1) is 10.1. The van der Waals surface area contributed by atoms with E-state index in [0.717, 1.165) is 29.2 Å². The van der Waals surface area contributed by atoms with Gasteiger partial charge in [0.05, 0.1) is 5.56 Å². The molecule has 0 radical (unpaired) electrons. The lowest BCUT2D eigenvalue weighted by Crippen LogP contribution is -2.44. The third-order valence-electron chi connectivity index (χ3n) is 3.47. The summed E-state index contributed by atoms with van der Waals surface area (Å²) < 4.78 is 37.6. The maximum Gasteiger partial charge on any atom is 0.416 e. The van der Waals surface area contributed by atoms with Crippen molar-refractivity contribution in [3.8, 4) is 0 Å². The molecule has 0 heterocycles. The summed E-state index contributed by atoms with van der Waals surface area (Å²) in [7, 11) is 0. The standard InChI is InChI=1S/C16H20F3NO2/c1-5-11(4)14(21)20(10(2)3)15(22)12-6-8-13(9-7-12)16(17,18)19/h6-11H,5H2,1-4H3. The lowest BCUT2D eigenvalue weighted by atomic mass is 10.0. The summed E-state index contributed by atoms with van der Waals surface area (Å²) in [5.41, 5.74) is -0.758. The Morgan fingerprint density at radius 2 is 1.59 bits per heavy atom. The van der Waals surface area contributed by atoms with Gasteiger partial charge in [0.25, 0.3) is 5.91 Å². The minimum Gasteiger partial charge on any atom is -0.276 e. The van der Waals surface area contributed by atoms with Crippen molar-refractivity contribution in [1.82, 2.24) is 4.90 Å². The molecule has 6 heteroatoms. The molecule has 0 saturated carbocycles. The topological polar surface area (TPSA) is 37.4 Å². The number of imide groups is 1. The number of carbonyl (C=O) groups excluding carboxylic acids is 2. The number of rotatable bonds is 4. The summed E-state index contributed by atoms with van der Waals surface area (Å²) in [6.45, 7) is 6.95.